The maximum absolute atomic E-state index is 12.1. The molecule has 1 amide bonds. The Bertz CT molecular complexity index is 407. The van der Waals surface area contributed by atoms with Crippen molar-refractivity contribution >= 4 is 30.4 Å². The van der Waals surface area contributed by atoms with E-state index in [1.54, 1.807) is 0 Å². The molecule has 2 rings (SSSR count). The van der Waals surface area contributed by atoms with Crippen LogP contribution >= 0.6 is 10.0 Å². The first kappa shape index (κ1) is 13.0. The third-order valence-electron chi connectivity index (χ3n) is 3.30. The van der Waals surface area contributed by atoms with E-state index in [0.717, 1.165) is 6.54 Å². The summed E-state index contributed by atoms with van der Waals surface area (Å²) in [5.41, 5.74) is 1.26. The maximum atomic E-state index is 12.1. The predicted octanol–water partition coefficient (Wildman–Crippen LogP) is 2.60. The Hall–Kier alpha value is -0.477. The topological polar surface area (TPSA) is 20.3 Å². The molecule has 0 N–H and O–H groups in total. The normalized spacial score (nSPS) is 21.0. The van der Waals surface area contributed by atoms with Crippen molar-refractivity contribution < 1.29 is 4.79 Å². The van der Waals surface area contributed by atoms with Crippen molar-refractivity contribution in [3.8, 4) is 0 Å². The number of nitrogens with zero attached hydrogens (tertiary/aromatic N) is 1. The summed E-state index contributed by atoms with van der Waals surface area (Å²) >= 11 is -0.623. The molecule has 0 aliphatic carbocycles. The van der Waals surface area contributed by atoms with Crippen LogP contribution in [-0.2, 0) is 4.79 Å². The zero-order chi connectivity index (χ0) is 12.5. The SMILES string of the molecule is C[C](C)([Ge][Cl])N1CC(c2ccccc2)CC1=O. The second-order valence-corrected chi connectivity index (χ2v) is 8.92. The first-order valence-electron chi connectivity index (χ1n) is 5.78. The van der Waals surface area contributed by atoms with Gasteiger partial charge < -0.3 is 0 Å². The van der Waals surface area contributed by atoms with E-state index in [-0.39, 0.29) is 10.3 Å². The molecular weight excluding hydrogens is 294 g/mol. The molecule has 2 nitrogen and oxygen atoms in total. The van der Waals surface area contributed by atoms with E-state index in [4.69, 9.17) is 10.0 Å². The van der Waals surface area contributed by atoms with Gasteiger partial charge in [0.2, 0.25) is 0 Å². The van der Waals surface area contributed by atoms with Crippen molar-refractivity contribution in [2.75, 3.05) is 6.54 Å². The average molecular weight is 310 g/mol. The summed E-state index contributed by atoms with van der Waals surface area (Å²) in [7, 11) is 6.06. The molecule has 1 aliphatic heterocycles. The van der Waals surface area contributed by atoms with Crippen molar-refractivity contribution in [3.05, 3.63) is 35.9 Å². The quantitative estimate of drug-likeness (QED) is 0.786. The molecule has 2 radical (unpaired) electrons. The molecular formula is C13H16ClGeNO. The van der Waals surface area contributed by atoms with Gasteiger partial charge in [0.25, 0.3) is 0 Å². The Labute approximate surface area is 113 Å². The molecule has 1 aliphatic rings. The molecule has 90 valence electrons. The molecule has 0 bridgehead atoms. The summed E-state index contributed by atoms with van der Waals surface area (Å²) in [6, 6.07) is 10.3. The van der Waals surface area contributed by atoms with Crippen LogP contribution in [-0.4, -0.2) is 36.2 Å². The van der Waals surface area contributed by atoms with Crippen LogP contribution in [0.4, 0.5) is 0 Å². The van der Waals surface area contributed by atoms with E-state index in [1.807, 2.05) is 23.1 Å². The van der Waals surface area contributed by atoms with Gasteiger partial charge in [-0.2, -0.15) is 0 Å². The van der Waals surface area contributed by atoms with Crippen LogP contribution in [0.25, 0.3) is 0 Å². The fraction of sp³-hybridized carbons (Fsp3) is 0.462. The van der Waals surface area contributed by atoms with Crippen molar-refractivity contribution in [2.45, 2.75) is 30.6 Å². The third-order valence-corrected chi connectivity index (χ3v) is 7.24. The molecule has 0 saturated carbocycles. The number of amides is 1. The molecule has 1 heterocycles. The van der Waals surface area contributed by atoms with Gasteiger partial charge in [-0.15, -0.1) is 0 Å². The van der Waals surface area contributed by atoms with Gasteiger partial charge in [-0.05, 0) is 0 Å². The fourth-order valence-electron chi connectivity index (χ4n) is 2.25. The second-order valence-electron chi connectivity index (χ2n) is 4.97. The molecule has 0 aromatic heterocycles. The van der Waals surface area contributed by atoms with E-state index in [2.05, 4.69) is 26.0 Å². The molecule has 1 saturated heterocycles. The monoisotopic (exact) mass is 311 g/mol. The summed E-state index contributed by atoms with van der Waals surface area (Å²) in [4.78, 5) is 14.0. The summed E-state index contributed by atoms with van der Waals surface area (Å²) in [6.07, 6.45) is 0.622. The van der Waals surface area contributed by atoms with Gasteiger partial charge in [0.1, 0.15) is 0 Å². The number of carbonyl (C=O) groups is 1. The molecule has 1 unspecified atom stereocenters. The van der Waals surface area contributed by atoms with Crippen molar-refractivity contribution in [1.82, 2.24) is 4.90 Å². The van der Waals surface area contributed by atoms with Crippen molar-refractivity contribution in [2.24, 2.45) is 0 Å². The number of rotatable bonds is 3. The van der Waals surface area contributed by atoms with Crippen LogP contribution in [0.1, 0.15) is 31.7 Å². The Morgan fingerprint density at radius 2 is 2.00 bits per heavy atom. The van der Waals surface area contributed by atoms with Crippen LogP contribution < -0.4 is 0 Å². The zero-order valence-electron chi connectivity index (χ0n) is 10.1. The molecule has 1 aromatic rings. The van der Waals surface area contributed by atoms with Crippen molar-refractivity contribution in [3.63, 3.8) is 0 Å². The molecule has 1 atom stereocenters. The number of likely N-dealkylation sites (tertiary alicyclic amines) is 1. The van der Waals surface area contributed by atoms with Gasteiger partial charge in [0.15, 0.2) is 0 Å². The first-order chi connectivity index (χ1) is 8.04. The average Bonchev–Trinajstić information content (AvgIpc) is 2.73. The van der Waals surface area contributed by atoms with E-state index in [9.17, 15) is 4.79 Å². The zero-order valence-corrected chi connectivity index (χ0v) is 13.0. The van der Waals surface area contributed by atoms with Crippen LogP contribution in [0.2, 0.25) is 0 Å². The van der Waals surface area contributed by atoms with Gasteiger partial charge in [0, 0.05) is 0 Å². The van der Waals surface area contributed by atoms with E-state index in [1.165, 1.54) is 5.56 Å². The van der Waals surface area contributed by atoms with E-state index < -0.39 is 14.5 Å². The van der Waals surface area contributed by atoms with E-state index >= 15 is 0 Å². The predicted molar refractivity (Wildman–Crippen MR) is 71.2 cm³/mol. The third kappa shape index (κ3) is 2.68. The standard InChI is InChI=1S/C13H16ClGeNO/c1-13(2,15-14)16-9-11(8-12(16)17)10-6-4-3-5-7-10/h3-7,11H,8-9H2,1-2H3. The van der Waals surface area contributed by atoms with Gasteiger partial charge >= 0.3 is 113 Å². The number of halogens is 1. The van der Waals surface area contributed by atoms with Crippen LogP contribution in [0.5, 0.6) is 0 Å². The minimum absolute atomic E-state index is 0.123. The minimum atomic E-state index is -0.623. The molecule has 1 fully saturated rings. The summed E-state index contributed by atoms with van der Waals surface area (Å²) in [6.45, 7) is 4.96. The molecule has 0 spiro atoms. The summed E-state index contributed by atoms with van der Waals surface area (Å²) in [5, 5.41) is 0. The number of hydrogen-bond acceptors (Lipinski definition) is 1. The van der Waals surface area contributed by atoms with Crippen LogP contribution in [0, 0.1) is 0 Å². The van der Waals surface area contributed by atoms with Gasteiger partial charge in [-0.3, -0.25) is 0 Å². The second kappa shape index (κ2) is 5.03. The number of hydrogen-bond donors (Lipinski definition) is 0. The Kier molecular flexibility index (Phi) is 3.83. The van der Waals surface area contributed by atoms with Gasteiger partial charge in [-0.1, -0.05) is 0 Å². The number of benzene rings is 1. The van der Waals surface area contributed by atoms with Crippen LogP contribution in [0.15, 0.2) is 30.3 Å². The summed E-state index contributed by atoms with van der Waals surface area (Å²) < 4.78 is -0.123. The molecule has 4 heteroatoms. The number of carbonyl (C=O) groups excluding carboxylic acids is 1. The van der Waals surface area contributed by atoms with Gasteiger partial charge in [-0.25, -0.2) is 0 Å². The first-order valence-corrected chi connectivity index (χ1v) is 9.58. The Morgan fingerprint density at radius 3 is 2.59 bits per heavy atom. The Balaban J connectivity index is 2.16. The molecule has 17 heavy (non-hydrogen) atoms. The van der Waals surface area contributed by atoms with E-state index in [0.29, 0.717) is 12.3 Å². The summed E-state index contributed by atoms with van der Waals surface area (Å²) in [5.74, 6) is 0.575. The van der Waals surface area contributed by atoms with Gasteiger partial charge in [0.05, 0.1) is 0 Å². The van der Waals surface area contributed by atoms with Crippen molar-refractivity contribution in [1.29, 1.82) is 0 Å². The fourth-order valence-corrected chi connectivity index (χ4v) is 3.44. The van der Waals surface area contributed by atoms with Crippen LogP contribution in [0.3, 0.4) is 0 Å². The molecule has 1 aromatic carbocycles. The Morgan fingerprint density at radius 1 is 1.35 bits per heavy atom.